The largest absolute Gasteiger partial charge is 0.357 e. The van der Waals surface area contributed by atoms with Gasteiger partial charge in [0.05, 0.1) is 11.9 Å². The molecule has 1 aromatic heterocycles. The first-order valence-corrected chi connectivity index (χ1v) is 8.74. The van der Waals surface area contributed by atoms with Crippen LogP contribution in [0.4, 0.5) is 11.5 Å². The third-order valence-electron chi connectivity index (χ3n) is 4.80. The fourth-order valence-corrected chi connectivity index (χ4v) is 3.44. The Labute approximate surface area is 152 Å². The summed E-state index contributed by atoms with van der Waals surface area (Å²) in [7, 11) is 0. The fourth-order valence-electron chi connectivity index (χ4n) is 3.44. The molecule has 0 atom stereocenters. The summed E-state index contributed by atoms with van der Waals surface area (Å²) in [6.45, 7) is 5.93. The van der Waals surface area contributed by atoms with Crippen LogP contribution in [0.3, 0.4) is 0 Å². The molecule has 0 radical (unpaired) electrons. The van der Waals surface area contributed by atoms with Crippen molar-refractivity contribution in [2.24, 2.45) is 0 Å². The number of benzene rings is 1. The normalized spacial score (nSPS) is 16.2. The smallest absolute Gasteiger partial charge is 0.259 e. The van der Waals surface area contributed by atoms with E-state index in [0.29, 0.717) is 16.9 Å². The van der Waals surface area contributed by atoms with Crippen LogP contribution in [0.1, 0.15) is 28.8 Å². The molecule has 2 aliphatic heterocycles. The maximum absolute atomic E-state index is 12.5. The zero-order valence-corrected chi connectivity index (χ0v) is 14.4. The molecule has 2 aliphatic rings. The van der Waals surface area contributed by atoms with Gasteiger partial charge in [0, 0.05) is 29.9 Å². The fraction of sp³-hybridized carbons (Fsp3) is 0.250. The van der Waals surface area contributed by atoms with Gasteiger partial charge in [-0.25, -0.2) is 4.98 Å². The first-order valence-electron chi connectivity index (χ1n) is 8.74. The number of fused-ring (bicyclic) bond motifs is 1. The van der Waals surface area contributed by atoms with Crippen molar-refractivity contribution in [3.05, 3.63) is 60.3 Å². The molecule has 2 amide bonds. The molecule has 0 aliphatic carbocycles. The summed E-state index contributed by atoms with van der Waals surface area (Å²) >= 11 is 0. The Morgan fingerprint density at radius 2 is 1.85 bits per heavy atom. The van der Waals surface area contributed by atoms with Crippen LogP contribution in [0, 0.1) is 0 Å². The van der Waals surface area contributed by atoms with Gasteiger partial charge < -0.3 is 10.2 Å². The van der Waals surface area contributed by atoms with Crippen molar-refractivity contribution in [3.63, 3.8) is 0 Å². The van der Waals surface area contributed by atoms with Crippen molar-refractivity contribution < 1.29 is 9.59 Å². The number of amides is 2. The molecule has 6 nitrogen and oxygen atoms in total. The van der Waals surface area contributed by atoms with Crippen LogP contribution in [-0.2, 0) is 4.79 Å². The van der Waals surface area contributed by atoms with Crippen molar-refractivity contribution in [1.82, 2.24) is 9.88 Å². The van der Waals surface area contributed by atoms with Crippen molar-refractivity contribution >= 4 is 29.0 Å². The van der Waals surface area contributed by atoms with Crippen LogP contribution < -0.4 is 10.2 Å². The average molecular weight is 348 g/mol. The number of aromatic nitrogens is 1. The van der Waals surface area contributed by atoms with Crippen LogP contribution in [-0.4, -0.2) is 41.3 Å². The summed E-state index contributed by atoms with van der Waals surface area (Å²) < 4.78 is 0. The molecule has 1 N–H and O–H groups in total. The first kappa shape index (κ1) is 16.3. The van der Waals surface area contributed by atoms with Crippen LogP contribution >= 0.6 is 0 Å². The molecule has 0 spiro atoms. The Balaban J connectivity index is 1.40. The lowest BCUT2D eigenvalue weighted by Crippen LogP contribution is -2.32. The summed E-state index contributed by atoms with van der Waals surface area (Å²) in [4.78, 5) is 32.9. The third kappa shape index (κ3) is 2.94. The minimum Gasteiger partial charge on any atom is -0.357 e. The highest BCUT2D eigenvalue weighted by molar-refractivity contribution is 6.11. The molecular formula is C20H20N4O2. The lowest BCUT2D eigenvalue weighted by atomic mass is 10.1. The van der Waals surface area contributed by atoms with Gasteiger partial charge in [0.2, 0.25) is 5.91 Å². The molecule has 0 unspecified atom stereocenters. The number of pyridine rings is 1. The van der Waals surface area contributed by atoms with E-state index in [2.05, 4.69) is 21.8 Å². The second-order valence-electron chi connectivity index (χ2n) is 6.53. The monoisotopic (exact) mass is 348 g/mol. The molecular weight excluding hydrogens is 328 g/mol. The number of anilines is 2. The molecule has 2 aromatic rings. The molecule has 3 heterocycles. The van der Waals surface area contributed by atoms with Crippen LogP contribution in [0.5, 0.6) is 0 Å². The molecule has 0 saturated carbocycles. The highest BCUT2D eigenvalue weighted by Crippen LogP contribution is 2.30. The number of hydrogen-bond donors (Lipinski definition) is 1. The second-order valence-corrected chi connectivity index (χ2v) is 6.53. The number of nitrogens with one attached hydrogen (secondary N) is 1. The van der Waals surface area contributed by atoms with Gasteiger partial charge in [-0.15, -0.1) is 0 Å². The average Bonchev–Trinajstić information content (AvgIpc) is 3.27. The van der Waals surface area contributed by atoms with Gasteiger partial charge in [-0.05, 0) is 31.0 Å². The molecule has 6 heteroatoms. The number of carbonyl (C=O) groups excluding carboxylic acids is 2. The van der Waals surface area contributed by atoms with Crippen molar-refractivity contribution in [3.8, 4) is 0 Å². The zero-order valence-electron chi connectivity index (χ0n) is 14.4. The number of carbonyl (C=O) groups is 2. The quantitative estimate of drug-likeness (QED) is 0.923. The van der Waals surface area contributed by atoms with E-state index >= 15 is 0 Å². The molecule has 26 heavy (non-hydrogen) atoms. The molecule has 132 valence electrons. The predicted octanol–water partition coefficient (Wildman–Crippen LogP) is 2.75. The molecule has 1 aromatic carbocycles. The Morgan fingerprint density at radius 1 is 1.12 bits per heavy atom. The topological polar surface area (TPSA) is 65.5 Å². The Hall–Kier alpha value is -3.15. The van der Waals surface area contributed by atoms with Gasteiger partial charge in [0.15, 0.2) is 0 Å². The summed E-state index contributed by atoms with van der Waals surface area (Å²) in [5, 5.41) is 2.80. The Kier molecular flexibility index (Phi) is 4.16. The number of hydrogen-bond acceptors (Lipinski definition) is 4. The maximum Gasteiger partial charge on any atom is 0.259 e. The minimum absolute atomic E-state index is 0.0692. The predicted molar refractivity (Wildman–Crippen MR) is 101 cm³/mol. The highest BCUT2D eigenvalue weighted by atomic mass is 16.2. The number of rotatable bonds is 4. The van der Waals surface area contributed by atoms with E-state index < -0.39 is 0 Å². The van der Waals surface area contributed by atoms with Crippen molar-refractivity contribution in [2.45, 2.75) is 12.8 Å². The second kappa shape index (κ2) is 6.63. The first-order chi connectivity index (χ1) is 12.6. The van der Waals surface area contributed by atoms with E-state index in [-0.39, 0.29) is 18.4 Å². The van der Waals surface area contributed by atoms with Crippen molar-refractivity contribution in [2.75, 3.05) is 29.9 Å². The van der Waals surface area contributed by atoms with Gasteiger partial charge in [0.1, 0.15) is 12.4 Å². The van der Waals surface area contributed by atoms with Crippen LogP contribution in [0.25, 0.3) is 5.70 Å². The summed E-state index contributed by atoms with van der Waals surface area (Å²) in [6, 6.07) is 11.0. The van der Waals surface area contributed by atoms with E-state index in [1.807, 2.05) is 24.3 Å². The maximum atomic E-state index is 12.5. The van der Waals surface area contributed by atoms with Gasteiger partial charge in [-0.2, -0.15) is 0 Å². The highest BCUT2D eigenvalue weighted by Gasteiger charge is 2.31. The lowest BCUT2D eigenvalue weighted by Gasteiger charge is -2.18. The summed E-state index contributed by atoms with van der Waals surface area (Å²) in [5.74, 6) is 0.463. The standard InChI is InChI=1S/C20H20N4O2/c1-14-16-6-2-3-7-17(16)20(26)24(14)13-19(25)22-15-8-9-18(21-12-15)23-10-4-5-11-23/h2-3,6-9,12H,1,4-5,10-11,13H2,(H,22,25). The summed E-state index contributed by atoms with van der Waals surface area (Å²) in [6.07, 6.45) is 4.04. The van der Waals surface area contributed by atoms with Crippen LogP contribution in [0.15, 0.2) is 49.2 Å². The summed E-state index contributed by atoms with van der Waals surface area (Å²) in [5.41, 5.74) is 2.54. The van der Waals surface area contributed by atoms with E-state index in [0.717, 1.165) is 24.5 Å². The van der Waals surface area contributed by atoms with E-state index in [1.165, 1.54) is 17.7 Å². The SMILES string of the molecule is C=C1c2ccccc2C(=O)N1CC(=O)Nc1ccc(N2CCCC2)nc1. The molecule has 4 rings (SSSR count). The zero-order chi connectivity index (χ0) is 18.1. The molecule has 1 fully saturated rings. The number of nitrogens with zero attached hydrogens (tertiary/aromatic N) is 3. The van der Waals surface area contributed by atoms with Gasteiger partial charge in [-0.3, -0.25) is 14.5 Å². The van der Waals surface area contributed by atoms with Crippen LogP contribution in [0.2, 0.25) is 0 Å². The Bertz CT molecular complexity index is 835. The van der Waals surface area contributed by atoms with E-state index in [9.17, 15) is 9.59 Å². The molecule has 1 saturated heterocycles. The van der Waals surface area contributed by atoms with Crippen molar-refractivity contribution in [1.29, 1.82) is 0 Å². The van der Waals surface area contributed by atoms with Gasteiger partial charge in [0.25, 0.3) is 5.91 Å². The minimum atomic E-state index is -0.275. The van der Waals surface area contributed by atoms with Gasteiger partial charge >= 0.3 is 0 Å². The lowest BCUT2D eigenvalue weighted by molar-refractivity contribution is -0.116. The van der Waals surface area contributed by atoms with E-state index in [4.69, 9.17) is 0 Å². The molecule has 0 bridgehead atoms. The van der Waals surface area contributed by atoms with E-state index in [1.54, 1.807) is 18.3 Å². The Morgan fingerprint density at radius 3 is 2.50 bits per heavy atom. The third-order valence-corrected chi connectivity index (χ3v) is 4.80. The van der Waals surface area contributed by atoms with Gasteiger partial charge in [-0.1, -0.05) is 24.8 Å².